The van der Waals surface area contributed by atoms with E-state index in [-0.39, 0.29) is 0 Å². The molecule has 92 valence electrons. The Balaban J connectivity index is 1.80. The van der Waals surface area contributed by atoms with Crippen LogP contribution < -0.4 is 10.1 Å². The van der Waals surface area contributed by atoms with Crippen molar-refractivity contribution in [2.24, 2.45) is 0 Å². The van der Waals surface area contributed by atoms with Gasteiger partial charge >= 0.3 is 0 Å². The molecule has 0 aliphatic heterocycles. The van der Waals surface area contributed by atoms with E-state index in [0.29, 0.717) is 6.61 Å². The van der Waals surface area contributed by atoms with Gasteiger partial charge < -0.3 is 10.1 Å². The number of hydrogen-bond donors (Lipinski definition) is 1. The fourth-order valence-electron chi connectivity index (χ4n) is 1.77. The van der Waals surface area contributed by atoms with Crippen LogP contribution in [-0.2, 0) is 0 Å². The predicted molar refractivity (Wildman–Crippen MR) is 72.3 cm³/mol. The highest BCUT2D eigenvalue weighted by molar-refractivity contribution is 5.57. The van der Waals surface area contributed by atoms with Crippen LogP contribution in [0.15, 0.2) is 30.3 Å². The van der Waals surface area contributed by atoms with E-state index in [0.717, 1.165) is 24.8 Å². The minimum Gasteiger partial charge on any atom is -0.493 e. The van der Waals surface area contributed by atoms with Gasteiger partial charge in [0.2, 0.25) is 0 Å². The van der Waals surface area contributed by atoms with E-state index in [1.54, 1.807) is 0 Å². The summed E-state index contributed by atoms with van der Waals surface area (Å²) in [5, 5.41) is 3.50. The van der Waals surface area contributed by atoms with Crippen molar-refractivity contribution in [3.8, 4) is 5.75 Å². The number of rotatable bonds is 7. The van der Waals surface area contributed by atoms with Gasteiger partial charge in [0.05, 0.1) is 6.61 Å². The van der Waals surface area contributed by atoms with E-state index in [4.69, 9.17) is 4.74 Å². The first-order chi connectivity index (χ1) is 8.40. The summed E-state index contributed by atoms with van der Waals surface area (Å²) in [6.45, 7) is 3.81. The molecule has 1 fully saturated rings. The van der Waals surface area contributed by atoms with Gasteiger partial charge in [-0.15, -0.1) is 0 Å². The summed E-state index contributed by atoms with van der Waals surface area (Å²) in [4.78, 5) is 0. The highest BCUT2D eigenvalue weighted by atomic mass is 16.5. The van der Waals surface area contributed by atoms with E-state index in [1.165, 1.54) is 18.4 Å². The molecular weight excluding hydrogens is 210 g/mol. The van der Waals surface area contributed by atoms with Crippen LogP contribution in [-0.4, -0.2) is 19.2 Å². The highest BCUT2D eigenvalue weighted by Gasteiger charge is 2.19. The Bertz CT molecular complexity index is 369. The lowest BCUT2D eigenvalue weighted by Crippen LogP contribution is -2.16. The molecule has 0 heterocycles. The molecule has 0 aromatic heterocycles. The Hall–Kier alpha value is -1.28. The molecule has 2 nitrogen and oxygen atoms in total. The maximum absolute atomic E-state index is 5.58. The summed E-state index contributed by atoms with van der Waals surface area (Å²) < 4.78 is 5.58. The third-order valence-electron chi connectivity index (χ3n) is 2.84. The van der Waals surface area contributed by atoms with Crippen molar-refractivity contribution < 1.29 is 4.74 Å². The first kappa shape index (κ1) is 12.2. The largest absolute Gasteiger partial charge is 0.493 e. The van der Waals surface area contributed by atoms with Gasteiger partial charge in [-0.05, 0) is 38.8 Å². The molecule has 1 aromatic carbocycles. The third-order valence-corrected chi connectivity index (χ3v) is 2.84. The van der Waals surface area contributed by atoms with Crippen molar-refractivity contribution in [3.05, 3.63) is 35.9 Å². The van der Waals surface area contributed by atoms with Crippen molar-refractivity contribution in [2.75, 3.05) is 13.2 Å². The third kappa shape index (κ3) is 4.23. The average molecular weight is 231 g/mol. The minimum absolute atomic E-state index is 0.716. The Morgan fingerprint density at radius 2 is 2.18 bits per heavy atom. The number of nitrogens with one attached hydrogen (secondary N) is 1. The number of benzene rings is 1. The molecule has 0 amide bonds. The molecular formula is C15H21NO. The van der Waals surface area contributed by atoms with E-state index in [1.807, 2.05) is 25.1 Å². The Morgan fingerprint density at radius 3 is 2.94 bits per heavy atom. The van der Waals surface area contributed by atoms with Crippen LogP contribution in [0.5, 0.6) is 5.75 Å². The molecule has 1 aliphatic rings. The van der Waals surface area contributed by atoms with E-state index in [2.05, 4.69) is 23.5 Å². The first-order valence-electron chi connectivity index (χ1n) is 6.52. The van der Waals surface area contributed by atoms with Gasteiger partial charge in [0.1, 0.15) is 5.75 Å². The molecule has 1 saturated carbocycles. The summed E-state index contributed by atoms with van der Waals surface area (Å²) in [6, 6.07) is 8.97. The Kier molecular flexibility index (Phi) is 4.63. The standard InChI is InChI=1S/C15H21NO/c1-2-17-15-9-4-3-7-13(15)8-5-6-12-16-14-10-11-14/h3-5,7-9,14,16H,2,6,10-12H2,1H3. The van der Waals surface area contributed by atoms with Crippen molar-refractivity contribution in [1.82, 2.24) is 5.32 Å². The molecule has 0 radical (unpaired) electrons. The summed E-state index contributed by atoms with van der Waals surface area (Å²) in [5.41, 5.74) is 1.17. The lowest BCUT2D eigenvalue weighted by Gasteiger charge is -2.06. The van der Waals surface area contributed by atoms with Gasteiger partial charge in [-0.2, -0.15) is 0 Å². The van der Waals surface area contributed by atoms with Gasteiger partial charge in [0.25, 0.3) is 0 Å². The molecule has 0 atom stereocenters. The smallest absolute Gasteiger partial charge is 0.126 e. The zero-order valence-electron chi connectivity index (χ0n) is 10.5. The monoisotopic (exact) mass is 231 g/mol. The quantitative estimate of drug-likeness (QED) is 0.727. The maximum atomic E-state index is 5.58. The van der Waals surface area contributed by atoms with Crippen LogP contribution in [0.25, 0.3) is 6.08 Å². The van der Waals surface area contributed by atoms with Gasteiger partial charge in [-0.3, -0.25) is 0 Å². The predicted octanol–water partition coefficient (Wildman–Crippen LogP) is 3.24. The van der Waals surface area contributed by atoms with E-state index in [9.17, 15) is 0 Å². The van der Waals surface area contributed by atoms with Gasteiger partial charge in [-0.1, -0.05) is 30.4 Å². The first-order valence-corrected chi connectivity index (χ1v) is 6.52. The summed E-state index contributed by atoms with van der Waals surface area (Å²) >= 11 is 0. The second-order valence-electron chi connectivity index (χ2n) is 4.39. The molecule has 0 saturated heterocycles. The number of ether oxygens (including phenoxy) is 1. The molecule has 1 aromatic rings. The maximum Gasteiger partial charge on any atom is 0.126 e. The van der Waals surface area contributed by atoms with Gasteiger partial charge in [0, 0.05) is 11.6 Å². The van der Waals surface area contributed by atoms with E-state index < -0.39 is 0 Å². The normalized spacial score (nSPS) is 15.4. The summed E-state index contributed by atoms with van der Waals surface area (Å²) in [7, 11) is 0. The summed E-state index contributed by atoms with van der Waals surface area (Å²) in [6.07, 6.45) is 8.16. The number of para-hydroxylation sites is 1. The van der Waals surface area contributed by atoms with E-state index >= 15 is 0 Å². The van der Waals surface area contributed by atoms with Crippen molar-refractivity contribution >= 4 is 6.08 Å². The molecule has 2 rings (SSSR count). The van der Waals surface area contributed by atoms with Gasteiger partial charge in [0.15, 0.2) is 0 Å². The van der Waals surface area contributed by atoms with Crippen LogP contribution in [0.3, 0.4) is 0 Å². The summed E-state index contributed by atoms with van der Waals surface area (Å²) in [5.74, 6) is 0.974. The average Bonchev–Trinajstić information content (AvgIpc) is 3.15. The SMILES string of the molecule is CCOc1ccccc1C=CCCNC1CC1. The second-order valence-corrected chi connectivity index (χ2v) is 4.39. The Morgan fingerprint density at radius 1 is 1.35 bits per heavy atom. The van der Waals surface area contributed by atoms with Crippen LogP contribution in [0.2, 0.25) is 0 Å². The molecule has 0 unspecified atom stereocenters. The molecule has 17 heavy (non-hydrogen) atoms. The van der Waals surface area contributed by atoms with Crippen LogP contribution in [0.4, 0.5) is 0 Å². The molecule has 0 bridgehead atoms. The van der Waals surface area contributed by atoms with Gasteiger partial charge in [-0.25, -0.2) is 0 Å². The van der Waals surface area contributed by atoms with Crippen LogP contribution in [0.1, 0.15) is 31.7 Å². The highest BCUT2D eigenvalue weighted by Crippen LogP contribution is 2.20. The zero-order valence-corrected chi connectivity index (χ0v) is 10.5. The second kappa shape index (κ2) is 6.45. The minimum atomic E-state index is 0.716. The van der Waals surface area contributed by atoms with Crippen molar-refractivity contribution in [1.29, 1.82) is 0 Å². The fraction of sp³-hybridized carbons (Fsp3) is 0.467. The lowest BCUT2D eigenvalue weighted by atomic mass is 10.2. The molecule has 0 spiro atoms. The van der Waals surface area contributed by atoms with Crippen molar-refractivity contribution in [3.63, 3.8) is 0 Å². The van der Waals surface area contributed by atoms with Crippen molar-refractivity contribution in [2.45, 2.75) is 32.2 Å². The molecule has 1 N–H and O–H groups in total. The van der Waals surface area contributed by atoms with Crippen LogP contribution in [0, 0.1) is 0 Å². The lowest BCUT2D eigenvalue weighted by molar-refractivity contribution is 0.339. The van der Waals surface area contributed by atoms with Crippen LogP contribution >= 0.6 is 0 Å². The molecule has 1 aliphatic carbocycles. The zero-order chi connectivity index (χ0) is 11.9. The fourth-order valence-corrected chi connectivity index (χ4v) is 1.77. The Labute approximate surface area is 104 Å². The number of hydrogen-bond acceptors (Lipinski definition) is 2. The topological polar surface area (TPSA) is 21.3 Å². The molecule has 2 heteroatoms.